The first-order valence-electron chi connectivity index (χ1n) is 10.6. The lowest BCUT2D eigenvalue weighted by Crippen LogP contribution is -2.50. The quantitative estimate of drug-likeness (QED) is 0.763. The van der Waals surface area contributed by atoms with Crippen LogP contribution in [0.5, 0.6) is 0 Å². The highest BCUT2D eigenvalue weighted by Gasteiger charge is 2.28. The lowest BCUT2D eigenvalue weighted by atomic mass is 10.0. The van der Waals surface area contributed by atoms with Gasteiger partial charge < -0.3 is 10.2 Å². The van der Waals surface area contributed by atoms with Crippen LogP contribution in [0.15, 0.2) is 48.5 Å². The zero-order valence-corrected chi connectivity index (χ0v) is 17.8. The standard InChI is InChI=1S/C25H32N2O2/c1-18-12-14-21(15-13-18)17-27(20(3)25(29)26-23-10-6-7-11-23)24(28)16-22-9-5-4-8-19(22)2/h4-5,8-9,12-15,20,23H,6-7,10-11,16-17H2,1-3H3,(H,26,29)/t20-/m0/s1. The average molecular weight is 393 g/mol. The molecule has 0 spiro atoms. The molecule has 2 aromatic rings. The SMILES string of the molecule is Cc1ccc(CN(C(=O)Cc2ccccc2C)[C@@H](C)C(=O)NC2CCCC2)cc1. The number of nitrogens with one attached hydrogen (secondary N) is 1. The van der Waals surface area contributed by atoms with Gasteiger partial charge in [-0.2, -0.15) is 0 Å². The summed E-state index contributed by atoms with van der Waals surface area (Å²) < 4.78 is 0. The van der Waals surface area contributed by atoms with E-state index in [1.165, 1.54) is 18.4 Å². The van der Waals surface area contributed by atoms with Crippen molar-refractivity contribution >= 4 is 11.8 Å². The maximum Gasteiger partial charge on any atom is 0.242 e. The number of benzene rings is 2. The zero-order valence-electron chi connectivity index (χ0n) is 17.8. The van der Waals surface area contributed by atoms with Gasteiger partial charge in [-0.3, -0.25) is 9.59 Å². The van der Waals surface area contributed by atoms with Crippen LogP contribution < -0.4 is 5.32 Å². The molecule has 1 aliphatic carbocycles. The molecule has 2 aromatic carbocycles. The van der Waals surface area contributed by atoms with Gasteiger partial charge >= 0.3 is 0 Å². The van der Waals surface area contributed by atoms with Crippen LogP contribution in [0.4, 0.5) is 0 Å². The first kappa shape index (κ1) is 21.1. The van der Waals surface area contributed by atoms with E-state index in [1.807, 2.05) is 69.3 Å². The van der Waals surface area contributed by atoms with Gasteiger partial charge in [-0.05, 0) is 50.3 Å². The second kappa shape index (κ2) is 9.73. The predicted molar refractivity (Wildman–Crippen MR) is 116 cm³/mol. The molecule has 0 bridgehead atoms. The molecular weight excluding hydrogens is 360 g/mol. The summed E-state index contributed by atoms with van der Waals surface area (Å²) in [5.74, 6) is -0.0731. The lowest BCUT2D eigenvalue weighted by molar-refractivity contribution is -0.140. The number of carbonyl (C=O) groups excluding carboxylic acids is 2. The average Bonchev–Trinajstić information content (AvgIpc) is 3.21. The zero-order chi connectivity index (χ0) is 20.8. The van der Waals surface area contributed by atoms with E-state index in [-0.39, 0.29) is 17.9 Å². The highest BCUT2D eigenvalue weighted by atomic mass is 16.2. The molecule has 0 radical (unpaired) electrons. The van der Waals surface area contributed by atoms with Crippen LogP contribution in [0.2, 0.25) is 0 Å². The van der Waals surface area contributed by atoms with Crippen LogP contribution in [0.3, 0.4) is 0 Å². The van der Waals surface area contributed by atoms with Gasteiger partial charge in [-0.1, -0.05) is 66.9 Å². The minimum absolute atomic E-state index is 0.0195. The van der Waals surface area contributed by atoms with Gasteiger partial charge in [0.1, 0.15) is 6.04 Å². The molecule has 0 saturated heterocycles. The van der Waals surface area contributed by atoms with Gasteiger partial charge in [0.05, 0.1) is 6.42 Å². The molecule has 4 heteroatoms. The second-order valence-electron chi connectivity index (χ2n) is 8.28. The van der Waals surface area contributed by atoms with Crippen molar-refractivity contribution in [2.24, 2.45) is 0 Å². The molecule has 1 saturated carbocycles. The summed E-state index contributed by atoms with van der Waals surface area (Å²) in [4.78, 5) is 27.9. The van der Waals surface area contributed by atoms with E-state index in [9.17, 15) is 9.59 Å². The largest absolute Gasteiger partial charge is 0.352 e. The number of aryl methyl sites for hydroxylation is 2. The molecule has 0 unspecified atom stereocenters. The van der Waals surface area contributed by atoms with Crippen LogP contribution in [-0.2, 0) is 22.6 Å². The molecule has 4 nitrogen and oxygen atoms in total. The van der Waals surface area contributed by atoms with E-state index < -0.39 is 6.04 Å². The topological polar surface area (TPSA) is 49.4 Å². The molecular formula is C25H32N2O2. The predicted octanol–water partition coefficient (Wildman–Crippen LogP) is 4.32. The van der Waals surface area contributed by atoms with Gasteiger partial charge in [0, 0.05) is 12.6 Å². The van der Waals surface area contributed by atoms with Crippen molar-refractivity contribution in [3.63, 3.8) is 0 Å². The van der Waals surface area contributed by atoms with Crippen LogP contribution in [0.25, 0.3) is 0 Å². The molecule has 1 N–H and O–H groups in total. The first-order valence-corrected chi connectivity index (χ1v) is 10.6. The number of amides is 2. The van der Waals surface area contributed by atoms with Crippen LogP contribution in [-0.4, -0.2) is 28.8 Å². The summed E-state index contributed by atoms with van der Waals surface area (Å²) in [5.41, 5.74) is 4.32. The molecule has 3 rings (SSSR count). The van der Waals surface area contributed by atoms with E-state index in [0.29, 0.717) is 13.0 Å². The minimum Gasteiger partial charge on any atom is -0.352 e. The summed E-state index contributed by atoms with van der Waals surface area (Å²) in [7, 11) is 0. The van der Waals surface area contributed by atoms with Crippen molar-refractivity contribution in [1.82, 2.24) is 10.2 Å². The molecule has 1 aliphatic rings. The summed E-state index contributed by atoms with van der Waals surface area (Å²) in [6.07, 6.45) is 4.71. The molecule has 0 aliphatic heterocycles. The number of rotatable bonds is 7. The fourth-order valence-corrected chi connectivity index (χ4v) is 3.94. The van der Waals surface area contributed by atoms with E-state index >= 15 is 0 Å². The third-order valence-corrected chi connectivity index (χ3v) is 5.95. The summed E-state index contributed by atoms with van der Waals surface area (Å²) in [6, 6.07) is 15.8. The Labute approximate surface area is 174 Å². The second-order valence-corrected chi connectivity index (χ2v) is 8.28. The Balaban J connectivity index is 1.77. The van der Waals surface area contributed by atoms with Gasteiger partial charge in [0.15, 0.2) is 0 Å². The molecule has 29 heavy (non-hydrogen) atoms. The van der Waals surface area contributed by atoms with Crippen molar-refractivity contribution in [2.45, 2.75) is 71.5 Å². The normalized spacial score (nSPS) is 15.1. The number of hydrogen-bond donors (Lipinski definition) is 1. The highest BCUT2D eigenvalue weighted by Crippen LogP contribution is 2.19. The number of hydrogen-bond acceptors (Lipinski definition) is 2. The molecule has 2 amide bonds. The monoisotopic (exact) mass is 392 g/mol. The van der Waals surface area contributed by atoms with Gasteiger partial charge in [0.2, 0.25) is 11.8 Å². The van der Waals surface area contributed by atoms with Gasteiger partial charge in [0.25, 0.3) is 0 Å². The number of nitrogens with zero attached hydrogens (tertiary/aromatic N) is 1. The Morgan fingerprint density at radius 1 is 1.03 bits per heavy atom. The van der Waals surface area contributed by atoms with Gasteiger partial charge in [-0.15, -0.1) is 0 Å². The van der Waals surface area contributed by atoms with E-state index in [2.05, 4.69) is 5.32 Å². The van der Waals surface area contributed by atoms with Crippen LogP contribution in [0.1, 0.15) is 54.9 Å². The Kier molecular flexibility index (Phi) is 7.08. The maximum absolute atomic E-state index is 13.3. The third-order valence-electron chi connectivity index (χ3n) is 5.95. The van der Waals surface area contributed by atoms with Crippen molar-refractivity contribution < 1.29 is 9.59 Å². The molecule has 1 fully saturated rings. The third kappa shape index (κ3) is 5.69. The Hall–Kier alpha value is -2.62. The van der Waals surface area contributed by atoms with Crippen LogP contribution in [0, 0.1) is 13.8 Å². The lowest BCUT2D eigenvalue weighted by Gasteiger charge is -2.30. The Morgan fingerprint density at radius 3 is 2.34 bits per heavy atom. The molecule has 154 valence electrons. The Bertz CT molecular complexity index is 838. The molecule has 1 atom stereocenters. The fourth-order valence-electron chi connectivity index (χ4n) is 3.94. The Morgan fingerprint density at radius 2 is 1.69 bits per heavy atom. The molecule has 0 aromatic heterocycles. The maximum atomic E-state index is 13.3. The summed E-state index contributed by atoms with van der Waals surface area (Å²) in [6.45, 7) is 6.34. The van der Waals surface area contributed by atoms with Crippen molar-refractivity contribution in [2.75, 3.05) is 0 Å². The summed E-state index contributed by atoms with van der Waals surface area (Å²) >= 11 is 0. The van der Waals surface area contributed by atoms with E-state index in [1.54, 1.807) is 4.90 Å². The molecule has 0 heterocycles. The summed E-state index contributed by atoms with van der Waals surface area (Å²) in [5, 5.41) is 3.15. The van der Waals surface area contributed by atoms with E-state index in [0.717, 1.165) is 29.5 Å². The number of carbonyl (C=O) groups is 2. The minimum atomic E-state index is -0.506. The first-order chi connectivity index (χ1) is 13.9. The smallest absolute Gasteiger partial charge is 0.242 e. The van der Waals surface area contributed by atoms with Crippen molar-refractivity contribution in [3.8, 4) is 0 Å². The van der Waals surface area contributed by atoms with Crippen molar-refractivity contribution in [1.29, 1.82) is 0 Å². The van der Waals surface area contributed by atoms with E-state index in [4.69, 9.17) is 0 Å². The van der Waals surface area contributed by atoms with Crippen LogP contribution >= 0.6 is 0 Å². The van der Waals surface area contributed by atoms with Crippen molar-refractivity contribution in [3.05, 3.63) is 70.8 Å². The fraction of sp³-hybridized carbons (Fsp3) is 0.440. The van der Waals surface area contributed by atoms with Gasteiger partial charge in [-0.25, -0.2) is 0 Å². The highest BCUT2D eigenvalue weighted by molar-refractivity contribution is 5.88.